The minimum absolute atomic E-state index is 0.0568. The average Bonchev–Trinajstić information content (AvgIpc) is 3.28. The molecule has 0 aliphatic carbocycles. The molecule has 3 unspecified atom stereocenters. The summed E-state index contributed by atoms with van der Waals surface area (Å²) in [7, 11) is 1.56. The van der Waals surface area contributed by atoms with Crippen molar-refractivity contribution in [1.82, 2.24) is 5.32 Å². The van der Waals surface area contributed by atoms with E-state index in [1.54, 1.807) is 6.08 Å². The van der Waals surface area contributed by atoms with E-state index in [4.69, 9.17) is 9.05 Å². The number of carbonyl (C=O) groups excluding carboxylic acids is 1. The molecule has 66 heavy (non-hydrogen) atoms. The fraction of sp³-hybridized carbons (Fsp3) is 0.702. The Kier molecular flexibility index (Phi) is 45.6. The monoisotopic (exact) mass is 942 g/mol. The van der Waals surface area contributed by atoms with Crippen LogP contribution in [0.2, 0.25) is 0 Å². The van der Waals surface area contributed by atoms with Crippen LogP contribution in [-0.4, -0.2) is 73.4 Å². The molecule has 0 fully saturated rings. The first-order chi connectivity index (χ1) is 32.0. The van der Waals surface area contributed by atoms with Crippen molar-refractivity contribution in [2.45, 2.75) is 219 Å². The Bertz CT molecular complexity index is 1390. The first kappa shape index (κ1) is 63.4. The number of hydrogen-bond donors (Lipinski definition) is 3. The maximum absolute atomic E-state index is 12.9. The minimum atomic E-state index is -4.34. The first-order valence-electron chi connectivity index (χ1n) is 26.6. The fourth-order valence-corrected chi connectivity index (χ4v) is 7.87. The van der Waals surface area contributed by atoms with Crippen molar-refractivity contribution >= 4 is 13.7 Å². The van der Waals surface area contributed by atoms with Gasteiger partial charge in [-0.2, -0.15) is 0 Å². The molecule has 0 radical (unpaired) electrons. The van der Waals surface area contributed by atoms with E-state index in [9.17, 15) is 19.4 Å². The zero-order chi connectivity index (χ0) is 48.5. The number of nitrogens with zero attached hydrogens (tertiary/aromatic N) is 1. The van der Waals surface area contributed by atoms with Crippen molar-refractivity contribution in [2.75, 3.05) is 40.9 Å². The van der Waals surface area contributed by atoms with E-state index >= 15 is 0 Å². The number of amides is 1. The van der Waals surface area contributed by atoms with Gasteiger partial charge in [0, 0.05) is 6.42 Å². The highest BCUT2D eigenvalue weighted by molar-refractivity contribution is 7.47. The van der Waals surface area contributed by atoms with Crippen molar-refractivity contribution in [3.05, 3.63) is 97.2 Å². The number of hydrogen-bond acceptors (Lipinski definition) is 5. The number of phosphoric ester groups is 1. The zero-order valence-electron chi connectivity index (χ0n) is 43.1. The number of aliphatic hydroxyl groups excluding tert-OH is 1. The van der Waals surface area contributed by atoms with Gasteiger partial charge in [0.1, 0.15) is 13.2 Å². The van der Waals surface area contributed by atoms with Crippen LogP contribution in [0.1, 0.15) is 206 Å². The van der Waals surface area contributed by atoms with Crippen molar-refractivity contribution in [1.29, 1.82) is 0 Å². The summed E-state index contributed by atoms with van der Waals surface area (Å²) >= 11 is 0. The highest BCUT2D eigenvalue weighted by atomic mass is 31.2. The molecule has 3 N–H and O–H groups in total. The molecule has 8 nitrogen and oxygen atoms in total. The van der Waals surface area contributed by atoms with E-state index in [2.05, 4.69) is 104 Å². The molecule has 0 aromatic rings. The number of unbranched alkanes of at least 4 members (excludes halogenated alkanes) is 20. The summed E-state index contributed by atoms with van der Waals surface area (Å²) in [6.45, 7) is 4.67. The van der Waals surface area contributed by atoms with Gasteiger partial charge in [0.25, 0.3) is 0 Å². The summed E-state index contributed by atoms with van der Waals surface area (Å²) in [5.74, 6) is -0.186. The third-order valence-corrected chi connectivity index (χ3v) is 12.3. The third-order valence-electron chi connectivity index (χ3n) is 11.3. The summed E-state index contributed by atoms with van der Waals surface area (Å²) < 4.78 is 23.6. The summed E-state index contributed by atoms with van der Waals surface area (Å²) in [4.78, 5) is 23.2. The Balaban J connectivity index is 4.12. The standard InChI is InChI=1S/C57H101N2O6P/c1-6-8-10-12-14-16-18-19-20-21-22-23-24-25-26-27-28-29-30-31-32-33-34-35-36-37-38-39-41-43-45-47-49-51-57(61)58-55(54-65-66(62,63)64-53-52-59(3,4)5)56(60)50-48-46-44-42-40-17-15-13-11-9-7-2/h8,10,14,16,19-20,22-23,25-26,28-29,31-32,48,50,55-56,60H,6-7,9,11-13,15,17-18,21,24,27,30,33-47,49,51-54H2,1-5H3,(H-,58,61,62,63)/p+1/b10-8-,16-14-,20-19-,23-22-,26-25-,29-28-,32-31-,50-48+. The topological polar surface area (TPSA) is 105 Å². The summed E-state index contributed by atoms with van der Waals surface area (Å²) in [5, 5.41) is 13.8. The number of allylic oxidation sites excluding steroid dienone is 15. The molecule has 0 aliphatic heterocycles. The fourth-order valence-electron chi connectivity index (χ4n) is 7.14. The van der Waals surface area contributed by atoms with E-state index in [0.29, 0.717) is 17.4 Å². The Morgan fingerprint density at radius 3 is 1.33 bits per heavy atom. The third kappa shape index (κ3) is 49.3. The quantitative estimate of drug-likeness (QED) is 0.0243. The van der Waals surface area contributed by atoms with Crippen LogP contribution in [0, 0.1) is 0 Å². The van der Waals surface area contributed by atoms with Crippen molar-refractivity contribution in [3.63, 3.8) is 0 Å². The zero-order valence-corrected chi connectivity index (χ0v) is 44.0. The van der Waals surface area contributed by atoms with Gasteiger partial charge < -0.3 is 19.8 Å². The first-order valence-corrected chi connectivity index (χ1v) is 28.1. The van der Waals surface area contributed by atoms with Crippen LogP contribution in [0.25, 0.3) is 0 Å². The van der Waals surface area contributed by atoms with E-state index < -0.39 is 20.0 Å². The number of quaternary nitrogens is 1. The lowest BCUT2D eigenvalue weighted by molar-refractivity contribution is -0.870. The van der Waals surface area contributed by atoms with Gasteiger partial charge in [-0.15, -0.1) is 0 Å². The molecule has 0 spiro atoms. The molecule has 0 rings (SSSR count). The van der Waals surface area contributed by atoms with Crippen LogP contribution in [0.5, 0.6) is 0 Å². The molecule has 0 aromatic carbocycles. The van der Waals surface area contributed by atoms with Gasteiger partial charge in [0.15, 0.2) is 0 Å². The van der Waals surface area contributed by atoms with Gasteiger partial charge >= 0.3 is 7.82 Å². The Labute approximate surface area is 407 Å². The second kappa shape index (κ2) is 47.5. The van der Waals surface area contributed by atoms with E-state index in [1.807, 2.05) is 27.2 Å². The van der Waals surface area contributed by atoms with Gasteiger partial charge in [-0.25, -0.2) is 4.57 Å². The van der Waals surface area contributed by atoms with Crippen molar-refractivity contribution < 1.29 is 32.9 Å². The smallest absolute Gasteiger partial charge is 0.387 e. The Hall–Kier alpha value is -2.58. The number of likely N-dealkylation sites (N-methyl/N-ethyl adjacent to an activating group) is 1. The lowest BCUT2D eigenvalue weighted by Crippen LogP contribution is -2.45. The van der Waals surface area contributed by atoms with E-state index in [-0.39, 0.29) is 19.1 Å². The number of aliphatic hydroxyl groups is 1. The highest BCUT2D eigenvalue weighted by Crippen LogP contribution is 2.43. The molecule has 0 saturated carbocycles. The summed E-state index contributed by atoms with van der Waals surface area (Å²) in [6.07, 6.45) is 67.8. The molecule has 0 saturated heterocycles. The van der Waals surface area contributed by atoms with Crippen LogP contribution in [0.3, 0.4) is 0 Å². The van der Waals surface area contributed by atoms with Crippen LogP contribution in [0.4, 0.5) is 0 Å². The summed E-state index contributed by atoms with van der Waals surface area (Å²) in [5.41, 5.74) is 0. The second-order valence-corrected chi connectivity index (χ2v) is 20.3. The van der Waals surface area contributed by atoms with Gasteiger partial charge in [-0.1, -0.05) is 220 Å². The number of nitrogens with one attached hydrogen (secondary N) is 1. The Morgan fingerprint density at radius 2 is 0.909 bits per heavy atom. The predicted molar refractivity (Wildman–Crippen MR) is 286 cm³/mol. The largest absolute Gasteiger partial charge is 0.472 e. The van der Waals surface area contributed by atoms with Crippen LogP contribution >= 0.6 is 7.82 Å². The van der Waals surface area contributed by atoms with Gasteiger partial charge in [0.05, 0.1) is 39.9 Å². The molecular formula is C57H102N2O6P+. The molecule has 380 valence electrons. The average molecular weight is 942 g/mol. The minimum Gasteiger partial charge on any atom is -0.387 e. The molecule has 3 atom stereocenters. The molecule has 0 aliphatic rings. The summed E-state index contributed by atoms with van der Waals surface area (Å²) in [6, 6.07) is -0.852. The molecule has 0 heterocycles. The second-order valence-electron chi connectivity index (χ2n) is 18.9. The molecule has 1 amide bonds. The molecular weight excluding hydrogens is 840 g/mol. The van der Waals surface area contributed by atoms with Crippen molar-refractivity contribution in [2.24, 2.45) is 0 Å². The van der Waals surface area contributed by atoms with Crippen LogP contribution < -0.4 is 5.32 Å². The number of carbonyl (C=O) groups is 1. The van der Waals surface area contributed by atoms with Crippen LogP contribution in [-0.2, 0) is 18.4 Å². The van der Waals surface area contributed by atoms with E-state index in [1.165, 1.54) is 103 Å². The maximum atomic E-state index is 12.9. The van der Waals surface area contributed by atoms with Crippen LogP contribution in [0.15, 0.2) is 97.2 Å². The van der Waals surface area contributed by atoms with Gasteiger partial charge in [-0.3, -0.25) is 13.8 Å². The predicted octanol–water partition coefficient (Wildman–Crippen LogP) is 15.9. The normalized spacial score (nSPS) is 14.8. The number of rotatable bonds is 47. The molecule has 0 bridgehead atoms. The van der Waals surface area contributed by atoms with Gasteiger partial charge in [0.2, 0.25) is 5.91 Å². The maximum Gasteiger partial charge on any atom is 0.472 e. The lowest BCUT2D eigenvalue weighted by Gasteiger charge is -2.25. The van der Waals surface area contributed by atoms with Gasteiger partial charge in [-0.05, 0) is 77.0 Å². The Morgan fingerprint density at radius 1 is 0.530 bits per heavy atom. The lowest BCUT2D eigenvalue weighted by atomic mass is 10.0. The SMILES string of the molecule is CC/C=C\C/C=C\C/C=C\C/C=C\C/C=C\C/C=C\C/C=C\CCCCCCCCCCCCCC(=O)NC(COP(=O)(O)OCC[N+](C)(C)C)C(O)/C=C/CCCCCCCCCCC. The van der Waals surface area contributed by atoms with Crippen molar-refractivity contribution in [3.8, 4) is 0 Å². The van der Waals surface area contributed by atoms with E-state index in [0.717, 1.165) is 83.5 Å². The molecule has 0 aromatic heterocycles. The highest BCUT2D eigenvalue weighted by Gasteiger charge is 2.27. The molecule has 9 heteroatoms. The number of phosphoric acid groups is 1.